The second-order valence-corrected chi connectivity index (χ2v) is 10.9. The molecule has 3 aromatic carbocycles. The van der Waals surface area contributed by atoms with Crippen molar-refractivity contribution >= 4 is 29.3 Å². The molecule has 0 aliphatic carbocycles. The first kappa shape index (κ1) is 29.1. The Kier molecular flexibility index (Phi) is 9.50. The maximum Gasteiger partial charge on any atom is 0.339 e. The zero-order valence-corrected chi connectivity index (χ0v) is 23.6. The van der Waals surface area contributed by atoms with Gasteiger partial charge in [-0.1, -0.05) is 55.3 Å². The van der Waals surface area contributed by atoms with Gasteiger partial charge in [0.25, 0.3) is 0 Å². The lowest BCUT2D eigenvalue weighted by molar-refractivity contribution is 0.00701. The number of Topliss-reactive ketones (excluding diaryl/α,β-unsaturated/α-hetero) is 1. The number of esters is 2. The lowest BCUT2D eigenvalue weighted by atomic mass is 9.85. The first-order valence-electron chi connectivity index (χ1n) is 12.8. The lowest BCUT2D eigenvalue weighted by Crippen LogP contribution is -2.24. The molecule has 3 rings (SSSR count). The molecule has 0 saturated carbocycles. The number of ketones is 1. The van der Waals surface area contributed by atoms with Gasteiger partial charge in [0, 0.05) is 17.0 Å². The van der Waals surface area contributed by atoms with Gasteiger partial charge in [0.05, 0.1) is 18.2 Å². The summed E-state index contributed by atoms with van der Waals surface area (Å²) in [5.74, 6) is -1.14. The molecule has 0 fully saturated rings. The van der Waals surface area contributed by atoms with Crippen LogP contribution in [-0.4, -0.2) is 30.4 Å². The summed E-state index contributed by atoms with van der Waals surface area (Å²) in [7, 11) is 1.29. The van der Waals surface area contributed by atoms with E-state index in [1.165, 1.54) is 7.11 Å². The summed E-state index contributed by atoms with van der Waals surface area (Å²) in [6, 6.07) is 18.1. The fraction of sp³-hybridized carbons (Fsp3) is 0.344. The highest BCUT2D eigenvalue weighted by Crippen LogP contribution is 2.35. The molecule has 200 valence electrons. The number of carbonyl (C=O) groups excluding carboxylic acids is 3. The van der Waals surface area contributed by atoms with Gasteiger partial charge in [-0.3, -0.25) is 4.79 Å². The van der Waals surface area contributed by atoms with E-state index in [1.807, 2.05) is 37.3 Å². The monoisotopic (exact) mass is 534 g/mol. The molecule has 5 nitrogen and oxygen atoms in total. The van der Waals surface area contributed by atoms with Crippen molar-refractivity contribution < 1.29 is 23.9 Å². The SMILES string of the molecule is CCC[C@@H](CC(=O)c1cc(C(=O)OC(C)(C)C)c(-c2cc(Cl)ccc2C(=O)OC)cc1C)c1ccccc1. The van der Waals surface area contributed by atoms with Gasteiger partial charge in [-0.25, -0.2) is 9.59 Å². The number of aryl methyl sites for hydroxylation is 1. The fourth-order valence-electron chi connectivity index (χ4n) is 4.55. The Labute approximate surface area is 230 Å². The molecule has 0 amide bonds. The molecule has 0 bridgehead atoms. The van der Waals surface area contributed by atoms with Crippen LogP contribution in [0.4, 0.5) is 0 Å². The number of benzene rings is 3. The van der Waals surface area contributed by atoms with Crippen molar-refractivity contribution in [2.24, 2.45) is 0 Å². The standard InChI is InChI=1S/C32H35ClO5/c1-7-11-22(21-12-9-8-10-13-21)17-29(34)25-19-28(31(36)38-32(3,4)5)26(16-20(25)2)27-18-23(33)14-15-24(27)30(35)37-6/h8-10,12-16,18-19,22H,7,11,17H2,1-6H3/t22-/m0/s1. The van der Waals surface area contributed by atoms with Gasteiger partial charge in [-0.2, -0.15) is 0 Å². The normalized spacial score (nSPS) is 12.1. The average Bonchev–Trinajstić information content (AvgIpc) is 2.87. The van der Waals surface area contributed by atoms with Gasteiger partial charge in [-0.05, 0) is 92.6 Å². The van der Waals surface area contributed by atoms with Crippen LogP contribution in [0.5, 0.6) is 0 Å². The van der Waals surface area contributed by atoms with Crippen LogP contribution < -0.4 is 0 Å². The minimum absolute atomic E-state index is 0.0551. The van der Waals surface area contributed by atoms with E-state index in [0.717, 1.165) is 18.4 Å². The highest BCUT2D eigenvalue weighted by Gasteiger charge is 2.27. The Bertz CT molecular complexity index is 1320. The third-order valence-corrected chi connectivity index (χ3v) is 6.54. The van der Waals surface area contributed by atoms with Crippen LogP contribution in [0.2, 0.25) is 5.02 Å². The van der Waals surface area contributed by atoms with E-state index in [0.29, 0.717) is 33.7 Å². The van der Waals surface area contributed by atoms with Gasteiger partial charge in [0.15, 0.2) is 5.78 Å². The minimum atomic E-state index is -0.761. The first-order valence-corrected chi connectivity index (χ1v) is 13.2. The third-order valence-electron chi connectivity index (χ3n) is 6.30. The van der Waals surface area contributed by atoms with Crippen LogP contribution in [0.25, 0.3) is 11.1 Å². The Hall–Kier alpha value is -3.44. The van der Waals surface area contributed by atoms with Gasteiger partial charge in [-0.15, -0.1) is 0 Å². The van der Waals surface area contributed by atoms with E-state index < -0.39 is 17.5 Å². The first-order chi connectivity index (χ1) is 17.9. The van der Waals surface area contributed by atoms with Crippen molar-refractivity contribution in [1.29, 1.82) is 0 Å². The highest BCUT2D eigenvalue weighted by molar-refractivity contribution is 6.31. The fourth-order valence-corrected chi connectivity index (χ4v) is 4.73. The number of hydrogen-bond donors (Lipinski definition) is 0. The van der Waals surface area contributed by atoms with Crippen LogP contribution in [0.15, 0.2) is 60.7 Å². The Morgan fingerprint density at radius 3 is 2.13 bits per heavy atom. The van der Waals surface area contributed by atoms with Crippen molar-refractivity contribution in [2.75, 3.05) is 7.11 Å². The van der Waals surface area contributed by atoms with Crippen LogP contribution in [0.1, 0.15) is 95.1 Å². The van der Waals surface area contributed by atoms with Crippen LogP contribution in [0.3, 0.4) is 0 Å². The van der Waals surface area contributed by atoms with E-state index in [4.69, 9.17) is 21.1 Å². The number of rotatable bonds is 9. The topological polar surface area (TPSA) is 69.7 Å². The quantitative estimate of drug-likeness (QED) is 0.204. The van der Waals surface area contributed by atoms with E-state index >= 15 is 0 Å². The van der Waals surface area contributed by atoms with Gasteiger partial charge in [0.2, 0.25) is 0 Å². The molecule has 3 aromatic rings. The molecular weight excluding hydrogens is 500 g/mol. The van der Waals surface area contributed by atoms with Crippen molar-refractivity contribution in [3.05, 3.63) is 93.5 Å². The molecule has 0 heterocycles. The molecule has 38 heavy (non-hydrogen) atoms. The number of methoxy groups -OCH3 is 1. The summed E-state index contributed by atoms with van der Waals surface area (Å²) in [4.78, 5) is 39.7. The summed E-state index contributed by atoms with van der Waals surface area (Å²) in [5.41, 5.74) is 2.82. The van der Waals surface area contributed by atoms with Crippen molar-refractivity contribution in [3.8, 4) is 11.1 Å². The second-order valence-electron chi connectivity index (χ2n) is 10.4. The lowest BCUT2D eigenvalue weighted by Gasteiger charge is -2.22. The van der Waals surface area contributed by atoms with E-state index in [1.54, 1.807) is 51.1 Å². The van der Waals surface area contributed by atoms with Gasteiger partial charge in [0.1, 0.15) is 5.60 Å². The van der Waals surface area contributed by atoms with Gasteiger partial charge >= 0.3 is 11.9 Å². The molecule has 0 N–H and O–H groups in total. The molecule has 0 saturated heterocycles. The third kappa shape index (κ3) is 7.11. The molecular formula is C32H35ClO5. The molecule has 0 spiro atoms. The summed E-state index contributed by atoms with van der Waals surface area (Å²) in [6.45, 7) is 9.26. The van der Waals surface area contributed by atoms with Crippen molar-refractivity contribution in [3.63, 3.8) is 0 Å². The Morgan fingerprint density at radius 2 is 1.53 bits per heavy atom. The number of carbonyl (C=O) groups is 3. The zero-order chi connectivity index (χ0) is 28.0. The summed E-state index contributed by atoms with van der Waals surface area (Å²) >= 11 is 6.30. The number of hydrogen-bond acceptors (Lipinski definition) is 5. The molecule has 0 radical (unpaired) electrons. The van der Waals surface area contributed by atoms with Crippen LogP contribution in [0, 0.1) is 6.92 Å². The highest BCUT2D eigenvalue weighted by atomic mass is 35.5. The zero-order valence-electron chi connectivity index (χ0n) is 22.9. The smallest absolute Gasteiger partial charge is 0.339 e. The predicted octanol–water partition coefficient (Wildman–Crippen LogP) is 8.21. The van der Waals surface area contributed by atoms with E-state index in [9.17, 15) is 14.4 Å². The van der Waals surface area contributed by atoms with E-state index in [2.05, 4.69) is 6.92 Å². The Balaban J connectivity index is 2.16. The summed E-state index contributed by atoms with van der Waals surface area (Å²) in [5, 5.41) is 0.394. The number of ether oxygens (including phenoxy) is 2. The molecule has 1 atom stereocenters. The maximum absolute atomic E-state index is 13.7. The molecule has 0 aliphatic rings. The minimum Gasteiger partial charge on any atom is -0.465 e. The molecule has 6 heteroatoms. The molecule has 0 unspecified atom stereocenters. The second kappa shape index (κ2) is 12.4. The largest absolute Gasteiger partial charge is 0.465 e. The van der Waals surface area contributed by atoms with E-state index in [-0.39, 0.29) is 22.8 Å². The maximum atomic E-state index is 13.7. The van der Waals surface area contributed by atoms with Crippen LogP contribution >= 0.6 is 11.6 Å². The predicted molar refractivity (Wildman–Crippen MR) is 151 cm³/mol. The Morgan fingerprint density at radius 1 is 0.868 bits per heavy atom. The number of halogens is 1. The van der Waals surface area contributed by atoms with Gasteiger partial charge < -0.3 is 9.47 Å². The molecule has 0 aromatic heterocycles. The summed E-state index contributed by atoms with van der Waals surface area (Å²) in [6.07, 6.45) is 2.13. The van der Waals surface area contributed by atoms with Crippen molar-refractivity contribution in [2.45, 2.75) is 65.4 Å². The summed E-state index contributed by atoms with van der Waals surface area (Å²) < 4.78 is 10.7. The molecule has 0 aliphatic heterocycles. The average molecular weight is 535 g/mol. The van der Waals surface area contributed by atoms with Crippen molar-refractivity contribution in [1.82, 2.24) is 0 Å². The van der Waals surface area contributed by atoms with Crippen LogP contribution in [-0.2, 0) is 9.47 Å².